The maximum atomic E-state index is 4.72. The average molecular weight is 187 g/mol. The molecule has 3 heteroatoms. The van der Waals surface area contributed by atoms with Crippen molar-refractivity contribution in [3.8, 4) is 0 Å². The predicted molar refractivity (Wildman–Crippen MR) is 67.4 cm³/mol. The van der Waals surface area contributed by atoms with E-state index in [9.17, 15) is 0 Å². The standard InChI is InChI=1S/C11H19B2N/c1-10(2,3)8-6-5-7-9(14-8)11(4,12)13/h5-7H,12-13H2,1-4H3. The number of pyridine rings is 1. The van der Waals surface area contributed by atoms with Gasteiger partial charge < -0.3 is 0 Å². The van der Waals surface area contributed by atoms with Crippen LogP contribution in [0, 0.1) is 0 Å². The Bertz CT molecular complexity index is 292. The Morgan fingerprint density at radius 2 is 1.50 bits per heavy atom. The fourth-order valence-electron chi connectivity index (χ4n) is 1.27. The maximum absolute atomic E-state index is 4.72. The van der Waals surface area contributed by atoms with Crippen molar-refractivity contribution in [1.82, 2.24) is 4.98 Å². The van der Waals surface area contributed by atoms with Crippen LogP contribution in [0.1, 0.15) is 39.1 Å². The Balaban J connectivity index is 3.15. The number of rotatable bonds is 1. The smallest absolute Gasteiger partial charge is 0.106 e. The first kappa shape index (κ1) is 11.4. The Morgan fingerprint density at radius 3 is 1.93 bits per heavy atom. The second-order valence-electron chi connectivity index (χ2n) is 5.91. The van der Waals surface area contributed by atoms with Gasteiger partial charge in [0.25, 0.3) is 0 Å². The Kier molecular flexibility index (Phi) is 2.80. The summed E-state index contributed by atoms with van der Waals surface area (Å²) >= 11 is 0. The summed E-state index contributed by atoms with van der Waals surface area (Å²) in [6, 6.07) is 6.32. The second kappa shape index (κ2) is 3.45. The van der Waals surface area contributed by atoms with Crippen LogP contribution in [0.25, 0.3) is 0 Å². The number of nitrogens with zero attached hydrogens (tertiary/aromatic N) is 1. The zero-order valence-electron chi connectivity index (χ0n) is 10.2. The molecule has 0 saturated carbocycles. The van der Waals surface area contributed by atoms with Crippen molar-refractivity contribution in [3.63, 3.8) is 0 Å². The Hall–Kier alpha value is -0.720. The minimum Gasteiger partial charge on any atom is -0.258 e. The van der Waals surface area contributed by atoms with Crippen LogP contribution >= 0.6 is 0 Å². The third kappa shape index (κ3) is 2.63. The van der Waals surface area contributed by atoms with Gasteiger partial charge in [-0.2, -0.15) is 0 Å². The van der Waals surface area contributed by atoms with Crippen LogP contribution in [0.2, 0.25) is 0 Å². The summed E-state index contributed by atoms with van der Waals surface area (Å²) in [6.45, 7) is 8.78. The normalized spacial score (nSPS) is 12.9. The lowest BCUT2D eigenvalue weighted by Gasteiger charge is -2.23. The van der Waals surface area contributed by atoms with Gasteiger partial charge >= 0.3 is 0 Å². The molecule has 0 amide bonds. The highest BCUT2D eigenvalue weighted by Gasteiger charge is 2.20. The summed E-state index contributed by atoms with van der Waals surface area (Å²) in [4.78, 5) is 4.72. The molecule has 0 aliphatic rings. The lowest BCUT2D eigenvalue weighted by Crippen LogP contribution is -2.25. The molecule has 1 aromatic rings. The fraction of sp³-hybridized carbons (Fsp3) is 0.545. The first-order valence-corrected chi connectivity index (χ1v) is 5.19. The van der Waals surface area contributed by atoms with Crippen LogP contribution in [0.3, 0.4) is 0 Å². The van der Waals surface area contributed by atoms with Gasteiger partial charge in [-0.1, -0.05) is 33.8 Å². The van der Waals surface area contributed by atoms with E-state index in [-0.39, 0.29) is 10.6 Å². The van der Waals surface area contributed by atoms with Crippen molar-refractivity contribution in [1.29, 1.82) is 0 Å². The van der Waals surface area contributed by atoms with Crippen LogP contribution < -0.4 is 0 Å². The van der Waals surface area contributed by atoms with E-state index < -0.39 is 0 Å². The molecule has 1 nitrogen and oxygen atoms in total. The molecule has 14 heavy (non-hydrogen) atoms. The topological polar surface area (TPSA) is 12.9 Å². The molecule has 0 N–H and O–H groups in total. The Labute approximate surface area is 89.1 Å². The van der Waals surface area contributed by atoms with E-state index in [0.717, 1.165) is 0 Å². The average Bonchev–Trinajstić information content (AvgIpc) is 2.01. The van der Waals surface area contributed by atoms with Gasteiger partial charge in [-0.05, 0) is 17.3 Å². The lowest BCUT2D eigenvalue weighted by atomic mass is 9.54. The van der Waals surface area contributed by atoms with E-state index in [1.807, 2.05) is 0 Å². The molecular weight excluding hydrogens is 168 g/mol. The molecule has 0 saturated heterocycles. The van der Waals surface area contributed by atoms with Crippen LogP contribution in [0.15, 0.2) is 18.2 Å². The minimum absolute atomic E-state index is 0.140. The summed E-state index contributed by atoms with van der Waals surface area (Å²) in [6.07, 6.45) is 0. The number of hydrogen-bond acceptors (Lipinski definition) is 1. The Morgan fingerprint density at radius 1 is 1.00 bits per heavy atom. The second-order valence-corrected chi connectivity index (χ2v) is 5.91. The molecule has 0 aliphatic carbocycles. The molecule has 1 rings (SSSR count). The van der Waals surface area contributed by atoms with Gasteiger partial charge in [-0.25, -0.2) is 0 Å². The largest absolute Gasteiger partial charge is 0.258 e. The molecule has 0 unspecified atom stereocenters. The molecule has 0 atom stereocenters. The first-order chi connectivity index (χ1) is 6.21. The van der Waals surface area contributed by atoms with Crippen LogP contribution in [-0.4, -0.2) is 20.7 Å². The fourth-order valence-corrected chi connectivity index (χ4v) is 1.27. The summed E-state index contributed by atoms with van der Waals surface area (Å²) in [5, 5.41) is 0.140. The molecule has 0 aliphatic heterocycles. The van der Waals surface area contributed by atoms with Gasteiger partial charge in [-0.15, -0.1) is 0 Å². The van der Waals surface area contributed by atoms with E-state index in [1.165, 1.54) is 11.4 Å². The quantitative estimate of drug-likeness (QED) is 0.593. The maximum Gasteiger partial charge on any atom is 0.106 e. The third-order valence-electron chi connectivity index (χ3n) is 2.29. The van der Waals surface area contributed by atoms with Crippen molar-refractivity contribution < 1.29 is 0 Å². The summed E-state index contributed by atoms with van der Waals surface area (Å²) in [5.74, 6) is 0. The molecular formula is C11H19B2N. The molecule has 0 aromatic carbocycles. The molecule has 74 valence electrons. The van der Waals surface area contributed by atoms with Gasteiger partial charge in [0.05, 0.1) is 0 Å². The molecule has 0 bridgehead atoms. The highest BCUT2D eigenvalue weighted by Crippen LogP contribution is 2.22. The van der Waals surface area contributed by atoms with Gasteiger partial charge in [0.1, 0.15) is 15.7 Å². The summed E-state index contributed by atoms with van der Waals surface area (Å²) in [7, 11) is 4.39. The van der Waals surface area contributed by atoms with Crippen molar-refractivity contribution in [2.24, 2.45) is 0 Å². The zero-order chi connectivity index (χ0) is 11.0. The van der Waals surface area contributed by atoms with Crippen molar-refractivity contribution in [2.75, 3.05) is 0 Å². The van der Waals surface area contributed by atoms with Crippen molar-refractivity contribution in [3.05, 3.63) is 29.6 Å². The molecule has 1 heterocycles. The van der Waals surface area contributed by atoms with Gasteiger partial charge in [-0.3, -0.25) is 4.98 Å². The van der Waals surface area contributed by atoms with Gasteiger partial charge in [0.15, 0.2) is 0 Å². The third-order valence-corrected chi connectivity index (χ3v) is 2.29. The van der Waals surface area contributed by atoms with E-state index in [4.69, 9.17) is 4.98 Å². The van der Waals surface area contributed by atoms with Crippen LogP contribution in [0.4, 0.5) is 0 Å². The first-order valence-electron chi connectivity index (χ1n) is 5.19. The highest BCUT2D eigenvalue weighted by molar-refractivity contribution is 6.39. The van der Waals surface area contributed by atoms with E-state index in [0.29, 0.717) is 0 Å². The minimum atomic E-state index is 0.140. The number of hydrogen-bond donors (Lipinski definition) is 0. The highest BCUT2D eigenvalue weighted by atomic mass is 14.7. The molecule has 0 radical (unpaired) electrons. The van der Waals surface area contributed by atoms with Gasteiger partial charge in [0, 0.05) is 16.8 Å². The van der Waals surface area contributed by atoms with E-state index in [1.54, 1.807) is 0 Å². The van der Waals surface area contributed by atoms with E-state index in [2.05, 4.69) is 61.6 Å². The van der Waals surface area contributed by atoms with E-state index >= 15 is 0 Å². The lowest BCUT2D eigenvalue weighted by molar-refractivity contribution is 0.564. The summed E-state index contributed by atoms with van der Waals surface area (Å²) < 4.78 is 0. The van der Waals surface area contributed by atoms with Gasteiger partial charge in [0.2, 0.25) is 0 Å². The monoisotopic (exact) mass is 187 g/mol. The predicted octanol–water partition coefficient (Wildman–Crippen LogP) is 0.818. The molecule has 1 aromatic heterocycles. The summed E-state index contributed by atoms with van der Waals surface area (Å²) in [5.41, 5.74) is 2.48. The number of aromatic nitrogens is 1. The zero-order valence-corrected chi connectivity index (χ0v) is 10.2. The van der Waals surface area contributed by atoms with Crippen LogP contribution in [-0.2, 0) is 10.6 Å². The van der Waals surface area contributed by atoms with Crippen molar-refractivity contribution in [2.45, 2.75) is 38.3 Å². The molecule has 0 spiro atoms. The van der Waals surface area contributed by atoms with Crippen molar-refractivity contribution >= 4 is 15.7 Å². The van der Waals surface area contributed by atoms with Crippen LogP contribution in [0.5, 0.6) is 0 Å². The molecule has 0 fully saturated rings. The SMILES string of the molecule is BC(B)(C)c1cccc(C(C)(C)C)n1.